The molecule has 3 heteroatoms. The van der Waals surface area contributed by atoms with Crippen molar-refractivity contribution in [1.29, 1.82) is 0 Å². The zero-order valence-corrected chi connectivity index (χ0v) is 12.7. The van der Waals surface area contributed by atoms with E-state index in [0.717, 1.165) is 24.3 Å². The molecule has 0 amide bonds. The van der Waals surface area contributed by atoms with Crippen LogP contribution in [0.4, 0.5) is 0 Å². The number of allylic oxidation sites excluding steroid dienone is 1. The average Bonchev–Trinajstić information content (AvgIpc) is 2.97. The minimum absolute atomic E-state index is 0.334. The summed E-state index contributed by atoms with van der Waals surface area (Å²) in [6.07, 6.45) is 14.1. The highest BCUT2D eigenvalue weighted by Crippen LogP contribution is 2.32. The van der Waals surface area contributed by atoms with Gasteiger partial charge in [-0.3, -0.25) is 0 Å². The summed E-state index contributed by atoms with van der Waals surface area (Å²) in [4.78, 5) is 0. The molecule has 116 valence electrons. The fraction of sp³-hybridized carbons (Fsp3) is 0.556. The van der Waals surface area contributed by atoms with E-state index >= 15 is 0 Å². The highest BCUT2D eigenvalue weighted by Gasteiger charge is 2.11. The first-order valence-corrected chi connectivity index (χ1v) is 8.07. The maximum Gasteiger partial charge on any atom is 0.231 e. The molecule has 1 heterocycles. The van der Waals surface area contributed by atoms with E-state index in [9.17, 15) is 0 Å². The number of fused-ring (bicyclic) bond motifs is 1. The molecular weight excluding hydrogens is 264 g/mol. The monoisotopic (exact) mass is 290 g/mol. The van der Waals surface area contributed by atoms with E-state index < -0.39 is 0 Å². The summed E-state index contributed by atoms with van der Waals surface area (Å²) in [6.45, 7) is 0.672. The van der Waals surface area contributed by atoms with Crippen LogP contribution in [0.2, 0.25) is 0 Å². The van der Waals surface area contributed by atoms with Crippen molar-refractivity contribution >= 4 is 6.08 Å². The lowest BCUT2D eigenvalue weighted by Crippen LogP contribution is -1.92. The number of hydrogen-bond acceptors (Lipinski definition) is 3. The molecule has 1 aromatic carbocycles. The zero-order valence-electron chi connectivity index (χ0n) is 12.7. The van der Waals surface area contributed by atoms with Gasteiger partial charge in [-0.15, -0.1) is 0 Å². The third kappa shape index (κ3) is 5.80. The summed E-state index contributed by atoms with van der Waals surface area (Å²) >= 11 is 0. The molecule has 1 N–H and O–H groups in total. The summed E-state index contributed by atoms with van der Waals surface area (Å²) in [6, 6.07) is 6.06. The Kier molecular flexibility index (Phi) is 7.16. The molecule has 0 unspecified atom stereocenters. The number of aliphatic hydroxyl groups excluding tert-OH is 1. The largest absolute Gasteiger partial charge is 0.454 e. The number of unbranched alkanes of at least 4 members (excludes halogenated alkanes) is 7. The van der Waals surface area contributed by atoms with Crippen molar-refractivity contribution in [2.24, 2.45) is 0 Å². The number of ether oxygens (including phenoxy) is 2. The Morgan fingerprint density at radius 2 is 1.62 bits per heavy atom. The summed E-state index contributed by atoms with van der Waals surface area (Å²) in [7, 11) is 0. The summed E-state index contributed by atoms with van der Waals surface area (Å²) in [5, 5.41) is 8.69. The van der Waals surface area contributed by atoms with Crippen molar-refractivity contribution in [2.75, 3.05) is 13.4 Å². The fourth-order valence-electron chi connectivity index (χ4n) is 2.49. The normalized spacial score (nSPS) is 13.2. The SMILES string of the molecule is OCCCCCCCCC/C=C/c1ccc2c(c1)OCO2. The molecular formula is C18H26O3. The van der Waals surface area contributed by atoms with Crippen LogP contribution < -0.4 is 9.47 Å². The molecule has 0 aromatic heterocycles. The molecule has 3 nitrogen and oxygen atoms in total. The van der Waals surface area contributed by atoms with E-state index in [-0.39, 0.29) is 0 Å². The highest BCUT2D eigenvalue weighted by molar-refractivity contribution is 5.56. The molecule has 0 spiro atoms. The molecule has 2 rings (SSSR count). The van der Waals surface area contributed by atoms with Gasteiger partial charge in [-0.05, 0) is 37.0 Å². The zero-order chi connectivity index (χ0) is 14.8. The summed E-state index contributed by atoms with van der Waals surface area (Å²) in [5.41, 5.74) is 1.17. The quantitative estimate of drug-likeness (QED) is 0.643. The van der Waals surface area contributed by atoms with Crippen molar-refractivity contribution < 1.29 is 14.6 Å². The first-order chi connectivity index (χ1) is 10.4. The molecule has 1 aromatic rings. The number of rotatable bonds is 10. The molecule has 21 heavy (non-hydrogen) atoms. The van der Waals surface area contributed by atoms with Gasteiger partial charge in [0.1, 0.15) is 0 Å². The van der Waals surface area contributed by atoms with Crippen LogP contribution in [0.25, 0.3) is 6.08 Å². The Labute approximate surface area is 127 Å². The van der Waals surface area contributed by atoms with Gasteiger partial charge < -0.3 is 14.6 Å². The standard InChI is InChI=1S/C18H26O3/c19-13-9-7-5-3-1-2-4-6-8-10-16-11-12-17-18(14-16)21-15-20-17/h8,10-12,14,19H,1-7,9,13,15H2/b10-8+. The van der Waals surface area contributed by atoms with Crippen LogP contribution in [0.3, 0.4) is 0 Å². The van der Waals surface area contributed by atoms with Crippen molar-refractivity contribution in [1.82, 2.24) is 0 Å². The molecule has 0 bridgehead atoms. The van der Waals surface area contributed by atoms with Gasteiger partial charge in [0.2, 0.25) is 6.79 Å². The average molecular weight is 290 g/mol. The number of aliphatic hydroxyl groups is 1. The van der Waals surface area contributed by atoms with E-state index in [2.05, 4.69) is 18.2 Å². The molecule has 1 aliphatic heterocycles. The highest BCUT2D eigenvalue weighted by atomic mass is 16.7. The maximum absolute atomic E-state index is 8.69. The Morgan fingerprint density at radius 3 is 2.43 bits per heavy atom. The molecule has 0 saturated carbocycles. The predicted octanol–water partition coefficient (Wildman–Crippen LogP) is 4.54. The van der Waals surface area contributed by atoms with Crippen LogP contribution in [0.15, 0.2) is 24.3 Å². The first kappa shape index (κ1) is 15.9. The molecule has 0 fully saturated rings. The van der Waals surface area contributed by atoms with E-state index in [1.54, 1.807) is 0 Å². The van der Waals surface area contributed by atoms with E-state index in [0.29, 0.717) is 13.4 Å². The lowest BCUT2D eigenvalue weighted by molar-refractivity contribution is 0.174. The maximum atomic E-state index is 8.69. The van der Waals surface area contributed by atoms with E-state index in [1.807, 2.05) is 12.1 Å². The Balaban J connectivity index is 1.54. The van der Waals surface area contributed by atoms with Gasteiger partial charge in [0.25, 0.3) is 0 Å². The molecule has 0 atom stereocenters. The van der Waals surface area contributed by atoms with Crippen LogP contribution in [0, 0.1) is 0 Å². The number of benzene rings is 1. The van der Waals surface area contributed by atoms with Gasteiger partial charge in [0, 0.05) is 6.61 Å². The van der Waals surface area contributed by atoms with Gasteiger partial charge in [0.05, 0.1) is 0 Å². The Bertz CT molecular complexity index is 440. The molecule has 0 aliphatic carbocycles. The molecule has 1 aliphatic rings. The lowest BCUT2D eigenvalue weighted by atomic mass is 10.1. The molecule has 0 saturated heterocycles. The van der Waals surface area contributed by atoms with Gasteiger partial charge in [-0.1, -0.05) is 50.3 Å². The van der Waals surface area contributed by atoms with Gasteiger partial charge >= 0.3 is 0 Å². The second kappa shape index (κ2) is 9.46. The van der Waals surface area contributed by atoms with Crippen LogP contribution in [-0.2, 0) is 0 Å². The smallest absolute Gasteiger partial charge is 0.231 e. The van der Waals surface area contributed by atoms with Crippen molar-refractivity contribution in [3.63, 3.8) is 0 Å². The van der Waals surface area contributed by atoms with Gasteiger partial charge in [-0.2, -0.15) is 0 Å². The van der Waals surface area contributed by atoms with Crippen molar-refractivity contribution in [2.45, 2.75) is 51.4 Å². The van der Waals surface area contributed by atoms with Crippen LogP contribution in [0.5, 0.6) is 11.5 Å². The van der Waals surface area contributed by atoms with E-state index in [4.69, 9.17) is 14.6 Å². The Morgan fingerprint density at radius 1 is 0.905 bits per heavy atom. The first-order valence-electron chi connectivity index (χ1n) is 8.07. The van der Waals surface area contributed by atoms with Crippen LogP contribution in [-0.4, -0.2) is 18.5 Å². The second-order valence-electron chi connectivity index (χ2n) is 5.50. The van der Waals surface area contributed by atoms with Crippen molar-refractivity contribution in [3.05, 3.63) is 29.8 Å². The lowest BCUT2D eigenvalue weighted by Gasteiger charge is -2.00. The minimum atomic E-state index is 0.334. The Hall–Kier alpha value is -1.48. The van der Waals surface area contributed by atoms with Crippen molar-refractivity contribution in [3.8, 4) is 11.5 Å². The molecule has 0 radical (unpaired) electrons. The van der Waals surface area contributed by atoms with Gasteiger partial charge in [-0.25, -0.2) is 0 Å². The minimum Gasteiger partial charge on any atom is -0.454 e. The second-order valence-corrected chi connectivity index (χ2v) is 5.50. The number of hydrogen-bond donors (Lipinski definition) is 1. The van der Waals surface area contributed by atoms with Crippen LogP contribution >= 0.6 is 0 Å². The van der Waals surface area contributed by atoms with E-state index in [1.165, 1.54) is 44.1 Å². The topological polar surface area (TPSA) is 38.7 Å². The third-order valence-corrected chi connectivity index (χ3v) is 3.74. The predicted molar refractivity (Wildman–Crippen MR) is 85.6 cm³/mol. The van der Waals surface area contributed by atoms with Crippen LogP contribution in [0.1, 0.15) is 56.9 Å². The summed E-state index contributed by atoms with van der Waals surface area (Å²) in [5.74, 6) is 1.69. The fourth-order valence-corrected chi connectivity index (χ4v) is 2.49. The summed E-state index contributed by atoms with van der Waals surface area (Å²) < 4.78 is 10.7. The van der Waals surface area contributed by atoms with Gasteiger partial charge in [0.15, 0.2) is 11.5 Å². The third-order valence-electron chi connectivity index (χ3n) is 3.74.